The summed E-state index contributed by atoms with van der Waals surface area (Å²) >= 11 is 0. The van der Waals surface area contributed by atoms with Crippen LogP contribution in [-0.2, 0) is 13.0 Å². The summed E-state index contributed by atoms with van der Waals surface area (Å²) in [5.41, 5.74) is 11.3. The Morgan fingerprint density at radius 1 is 1.07 bits per heavy atom. The van der Waals surface area contributed by atoms with Crippen molar-refractivity contribution in [2.45, 2.75) is 25.0 Å². The number of hydrogen-bond donors (Lipinski definition) is 2. The first-order valence-electron chi connectivity index (χ1n) is 9.92. The van der Waals surface area contributed by atoms with Gasteiger partial charge in [0, 0.05) is 43.9 Å². The molecule has 1 aliphatic carbocycles. The molecule has 0 spiro atoms. The lowest BCUT2D eigenvalue weighted by atomic mass is 10.0. The highest BCUT2D eigenvalue weighted by Crippen LogP contribution is 2.32. The fraction of sp³-hybridized carbons (Fsp3) is 0.318. The Labute approximate surface area is 169 Å². The van der Waals surface area contributed by atoms with Gasteiger partial charge in [0.15, 0.2) is 0 Å². The number of aliphatic hydroxyl groups excluding tert-OH is 1. The number of nitrogen functional groups attached to an aromatic ring is 1. The lowest BCUT2D eigenvalue weighted by Crippen LogP contribution is -2.24. The lowest BCUT2D eigenvalue weighted by Gasteiger charge is -2.16. The zero-order valence-electron chi connectivity index (χ0n) is 16.1. The van der Waals surface area contributed by atoms with Crippen molar-refractivity contribution in [2.24, 2.45) is 0 Å². The molecular formula is C22H24N6O. The molecule has 1 aromatic carbocycles. The minimum atomic E-state index is -0.424. The Balaban J connectivity index is 1.26. The third kappa shape index (κ3) is 3.54. The quantitative estimate of drug-likeness (QED) is 0.691. The highest BCUT2D eigenvalue weighted by atomic mass is 16.3. The molecular weight excluding hydrogens is 364 g/mol. The van der Waals surface area contributed by atoms with Gasteiger partial charge >= 0.3 is 0 Å². The molecule has 1 fully saturated rings. The first-order chi connectivity index (χ1) is 14.2. The molecule has 3 aromatic rings. The van der Waals surface area contributed by atoms with E-state index in [0.717, 1.165) is 48.6 Å². The molecule has 0 saturated carbocycles. The molecule has 7 nitrogen and oxygen atoms in total. The summed E-state index contributed by atoms with van der Waals surface area (Å²) in [6.07, 6.45) is 7.96. The molecule has 0 amide bonds. The Morgan fingerprint density at radius 3 is 2.79 bits per heavy atom. The van der Waals surface area contributed by atoms with E-state index >= 15 is 0 Å². The average molecular weight is 388 g/mol. The topological polar surface area (TPSA) is 93.1 Å². The summed E-state index contributed by atoms with van der Waals surface area (Å²) in [5.74, 6) is 0.577. The van der Waals surface area contributed by atoms with Crippen molar-refractivity contribution in [2.75, 3.05) is 25.4 Å². The van der Waals surface area contributed by atoms with E-state index in [1.165, 1.54) is 11.9 Å². The van der Waals surface area contributed by atoms with Crippen LogP contribution in [0.2, 0.25) is 0 Å². The van der Waals surface area contributed by atoms with Gasteiger partial charge in [0.05, 0.1) is 23.8 Å². The van der Waals surface area contributed by atoms with Crippen molar-refractivity contribution < 1.29 is 5.11 Å². The maximum absolute atomic E-state index is 10.7. The predicted molar refractivity (Wildman–Crippen MR) is 111 cm³/mol. The largest absolute Gasteiger partial charge is 0.391 e. The molecule has 2 atom stereocenters. The molecule has 7 heteroatoms. The van der Waals surface area contributed by atoms with Crippen LogP contribution in [0.3, 0.4) is 0 Å². The van der Waals surface area contributed by atoms with Crippen LogP contribution in [0.15, 0.2) is 55.3 Å². The summed E-state index contributed by atoms with van der Waals surface area (Å²) < 4.78 is 2.08. The maximum atomic E-state index is 10.7. The summed E-state index contributed by atoms with van der Waals surface area (Å²) in [7, 11) is 0. The van der Waals surface area contributed by atoms with Gasteiger partial charge < -0.3 is 15.4 Å². The summed E-state index contributed by atoms with van der Waals surface area (Å²) in [5, 5.41) is 10.7. The Kier molecular flexibility index (Phi) is 4.61. The SMILES string of the molecule is Nc1ncnc2c1CC=C2CN1C[C@H](c2cn(Cc3ccccc3)cn2)[C@@H](O)C1. The highest BCUT2D eigenvalue weighted by molar-refractivity contribution is 5.74. The van der Waals surface area contributed by atoms with Crippen LogP contribution in [0.5, 0.6) is 0 Å². The number of aliphatic hydroxyl groups is 1. The van der Waals surface area contributed by atoms with Gasteiger partial charge in [-0.05, 0) is 17.6 Å². The monoisotopic (exact) mass is 388 g/mol. The molecule has 148 valence electrons. The van der Waals surface area contributed by atoms with Gasteiger partial charge in [0.1, 0.15) is 12.1 Å². The van der Waals surface area contributed by atoms with E-state index in [4.69, 9.17) is 5.73 Å². The number of aromatic nitrogens is 4. The van der Waals surface area contributed by atoms with Crippen LogP contribution in [0.25, 0.3) is 5.57 Å². The van der Waals surface area contributed by atoms with Gasteiger partial charge in [-0.1, -0.05) is 36.4 Å². The van der Waals surface area contributed by atoms with Gasteiger partial charge in [-0.15, -0.1) is 0 Å². The van der Waals surface area contributed by atoms with Crippen molar-refractivity contribution >= 4 is 11.4 Å². The first-order valence-corrected chi connectivity index (χ1v) is 9.92. The zero-order chi connectivity index (χ0) is 19.8. The maximum Gasteiger partial charge on any atom is 0.130 e. The minimum Gasteiger partial charge on any atom is -0.391 e. The number of allylic oxidation sites excluding steroid dienone is 1. The van der Waals surface area contributed by atoms with Crippen molar-refractivity contribution in [3.05, 3.63) is 77.8 Å². The summed E-state index contributed by atoms with van der Waals surface area (Å²) in [6, 6.07) is 10.3. The Bertz CT molecular complexity index is 1040. The predicted octanol–water partition coefficient (Wildman–Crippen LogP) is 1.70. The molecule has 1 saturated heterocycles. The zero-order valence-corrected chi connectivity index (χ0v) is 16.1. The van der Waals surface area contributed by atoms with Crippen molar-refractivity contribution in [3.63, 3.8) is 0 Å². The molecule has 3 heterocycles. The number of benzene rings is 1. The van der Waals surface area contributed by atoms with Crippen LogP contribution in [0.1, 0.15) is 28.4 Å². The Morgan fingerprint density at radius 2 is 1.93 bits per heavy atom. The summed E-state index contributed by atoms with van der Waals surface area (Å²) in [4.78, 5) is 15.4. The number of likely N-dealkylation sites (tertiary alicyclic amines) is 1. The third-order valence-corrected chi connectivity index (χ3v) is 5.84. The number of anilines is 1. The molecule has 0 unspecified atom stereocenters. The van der Waals surface area contributed by atoms with E-state index in [-0.39, 0.29) is 5.92 Å². The lowest BCUT2D eigenvalue weighted by molar-refractivity contribution is 0.166. The van der Waals surface area contributed by atoms with Crippen molar-refractivity contribution in [1.29, 1.82) is 0 Å². The highest BCUT2D eigenvalue weighted by Gasteiger charge is 2.35. The first kappa shape index (κ1) is 18.0. The summed E-state index contributed by atoms with van der Waals surface area (Å²) in [6.45, 7) is 2.94. The molecule has 0 radical (unpaired) electrons. The van der Waals surface area contributed by atoms with Gasteiger partial charge in [0.25, 0.3) is 0 Å². The minimum absolute atomic E-state index is 0.0176. The van der Waals surface area contributed by atoms with Crippen LogP contribution in [0, 0.1) is 0 Å². The van der Waals surface area contributed by atoms with E-state index in [0.29, 0.717) is 12.4 Å². The number of nitrogens with zero attached hydrogens (tertiary/aromatic N) is 5. The second-order valence-corrected chi connectivity index (χ2v) is 7.84. The van der Waals surface area contributed by atoms with Gasteiger partial charge in [-0.25, -0.2) is 15.0 Å². The molecule has 2 aliphatic rings. The molecule has 5 rings (SSSR count). The number of nitrogens with two attached hydrogens (primary N) is 1. The molecule has 29 heavy (non-hydrogen) atoms. The van der Waals surface area contributed by atoms with Crippen LogP contribution in [0.4, 0.5) is 5.82 Å². The van der Waals surface area contributed by atoms with Crippen LogP contribution in [-0.4, -0.2) is 55.3 Å². The van der Waals surface area contributed by atoms with E-state index in [1.54, 1.807) is 0 Å². The van der Waals surface area contributed by atoms with E-state index in [2.05, 4.69) is 48.8 Å². The number of hydrogen-bond acceptors (Lipinski definition) is 6. The van der Waals surface area contributed by atoms with Gasteiger partial charge in [-0.2, -0.15) is 0 Å². The molecule has 3 N–H and O–H groups in total. The van der Waals surface area contributed by atoms with Crippen LogP contribution >= 0.6 is 0 Å². The normalized spacial score (nSPS) is 21.3. The number of imidazole rings is 1. The fourth-order valence-corrected chi connectivity index (χ4v) is 4.34. The smallest absolute Gasteiger partial charge is 0.130 e. The van der Waals surface area contributed by atoms with Crippen LogP contribution < -0.4 is 5.73 Å². The van der Waals surface area contributed by atoms with E-state index < -0.39 is 6.10 Å². The Hall–Kier alpha value is -3.03. The molecule has 0 bridgehead atoms. The standard InChI is InChI=1S/C22H24N6O/c23-22-17-7-6-16(21(17)24-13-25-22)9-27-10-18(20(29)12-27)19-11-28(14-26-19)8-15-4-2-1-3-5-15/h1-6,11,13-14,18,20,29H,7-10,12H2,(H2,23,24,25)/t18-,20+/m1/s1. The van der Waals surface area contributed by atoms with Crippen molar-refractivity contribution in [3.8, 4) is 0 Å². The second kappa shape index (κ2) is 7.42. The molecule has 2 aromatic heterocycles. The fourth-order valence-electron chi connectivity index (χ4n) is 4.34. The van der Waals surface area contributed by atoms with E-state index in [9.17, 15) is 5.11 Å². The number of fused-ring (bicyclic) bond motifs is 1. The molecule has 1 aliphatic heterocycles. The average Bonchev–Trinajstić information content (AvgIpc) is 3.43. The number of rotatable bonds is 5. The third-order valence-electron chi connectivity index (χ3n) is 5.84. The van der Waals surface area contributed by atoms with Gasteiger partial charge in [0.2, 0.25) is 0 Å². The second-order valence-electron chi connectivity index (χ2n) is 7.84. The van der Waals surface area contributed by atoms with E-state index in [1.807, 2.05) is 24.5 Å². The van der Waals surface area contributed by atoms with Crippen molar-refractivity contribution in [1.82, 2.24) is 24.4 Å². The number of β-amino-alcohol motifs (C(OH)–C–C–N with tert-alkyl or cyclic N) is 1. The van der Waals surface area contributed by atoms with Gasteiger partial charge in [-0.3, -0.25) is 4.90 Å².